The molecule has 106 valence electrons. The zero-order chi connectivity index (χ0) is 14.9. The highest BCUT2D eigenvalue weighted by atomic mass is 35.5. The van der Waals surface area contributed by atoms with Crippen molar-refractivity contribution in [2.24, 2.45) is 0 Å². The molecule has 1 heterocycles. The normalized spacial score (nSPS) is 13.9. The molecule has 0 aliphatic rings. The molecule has 1 unspecified atom stereocenters. The van der Waals surface area contributed by atoms with Gasteiger partial charge < -0.3 is 4.52 Å². The van der Waals surface area contributed by atoms with Crippen molar-refractivity contribution >= 4 is 23.2 Å². The van der Waals surface area contributed by atoms with Gasteiger partial charge in [-0.2, -0.15) is 0 Å². The second kappa shape index (κ2) is 5.51. The molecule has 0 fully saturated rings. The van der Waals surface area contributed by atoms with Gasteiger partial charge in [-0.15, -0.1) is 0 Å². The van der Waals surface area contributed by atoms with E-state index in [1.165, 1.54) is 18.3 Å². The number of rotatable bonds is 3. The van der Waals surface area contributed by atoms with E-state index >= 15 is 0 Å². The molecule has 2 aromatic carbocycles. The Balaban J connectivity index is 2.20. The Morgan fingerprint density at radius 3 is 2.00 bits per heavy atom. The number of alkyl halides is 1. The van der Waals surface area contributed by atoms with E-state index in [9.17, 15) is 4.39 Å². The molecule has 21 heavy (non-hydrogen) atoms. The van der Waals surface area contributed by atoms with Crippen molar-refractivity contribution in [2.75, 3.05) is 0 Å². The number of benzene rings is 2. The monoisotopic (exact) mass is 321 g/mol. The van der Waals surface area contributed by atoms with E-state index in [0.717, 1.165) is 5.56 Å². The van der Waals surface area contributed by atoms with Gasteiger partial charge in [0, 0.05) is 11.1 Å². The highest BCUT2D eigenvalue weighted by Gasteiger charge is 2.37. The molecule has 5 heteroatoms. The lowest BCUT2D eigenvalue weighted by atomic mass is 9.88. The van der Waals surface area contributed by atoms with Crippen LogP contribution in [0.2, 0.25) is 5.02 Å². The molecule has 0 saturated heterocycles. The van der Waals surface area contributed by atoms with Crippen LogP contribution in [0.4, 0.5) is 4.39 Å². The van der Waals surface area contributed by atoms with Gasteiger partial charge in [-0.1, -0.05) is 52.6 Å². The van der Waals surface area contributed by atoms with Crippen molar-refractivity contribution in [1.82, 2.24) is 5.16 Å². The van der Waals surface area contributed by atoms with Crippen LogP contribution in [-0.2, 0) is 4.87 Å². The Morgan fingerprint density at radius 2 is 1.48 bits per heavy atom. The van der Waals surface area contributed by atoms with Gasteiger partial charge in [-0.05, 0) is 35.4 Å². The Hall–Kier alpha value is -1.84. The second-order valence-electron chi connectivity index (χ2n) is 4.55. The first-order valence-corrected chi connectivity index (χ1v) is 6.98. The average Bonchev–Trinajstić information content (AvgIpc) is 3.02. The predicted octanol–water partition coefficient (Wildman–Crippen LogP) is 5.00. The minimum atomic E-state index is -1.09. The zero-order valence-corrected chi connectivity index (χ0v) is 12.3. The number of nitrogens with zero attached hydrogens (tertiary/aromatic N) is 1. The fraction of sp³-hybridized carbons (Fsp3) is 0.0625. The summed E-state index contributed by atoms with van der Waals surface area (Å²) in [6.45, 7) is 0. The van der Waals surface area contributed by atoms with Crippen molar-refractivity contribution in [1.29, 1.82) is 0 Å². The molecule has 1 atom stereocenters. The van der Waals surface area contributed by atoms with Crippen LogP contribution in [-0.4, -0.2) is 5.16 Å². The summed E-state index contributed by atoms with van der Waals surface area (Å²) in [5.41, 5.74) is 1.45. The van der Waals surface area contributed by atoms with Crippen LogP contribution in [0.3, 0.4) is 0 Å². The van der Waals surface area contributed by atoms with Crippen LogP contribution in [0.15, 0.2) is 65.3 Å². The van der Waals surface area contributed by atoms with Gasteiger partial charge in [0.15, 0.2) is 10.6 Å². The molecule has 0 saturated carbocycles. The molecule has 1 aromatic heterocycles. The van der Waals surface area contributed by atoms with E-state index in [4.69, 9.17) is 27.7 Å². The van der Waals surface area contributed by atoms with Crippen LogP contribution < -0.4 is 0 Å². The van der Waals surface area contributed by atoms with Gasteiger partial charge in [0.05, 0.1) is 6.20 Å². The first kappa shape index (κ1) is 14.1. The molecule has 3 rings (SSSR count). The van der Waals surface area contributed by atoms with Gasteiger partial charge in [-0.25, -0.2) is 4.39 Å². The maximum atomic E-state index is 13.2. The van der Waals surface area contributed by atoms with E-state index in [-0.39, 0.29) is 5.82 Å². The fourth-order valence-electron chi connectivity index (χ4n) is 2.20. The fourth-order valence-corrected chi connectivity index (χ4v) is 2.68. The predicted molar refractivity (Wildman–Crippen MR) is 80.1 cm³/mol. The van der Waals surface area contributed by atoms with Crippen LogP contribution in [0.5, 0.6) is 0 Å². The molecule has 0 bridgehead atoms. The van der Waals surface area contributed by atoms with Crippen LogP contribution >= 0.6 is 23.2 Å². The first-order chi connectivity index (χ1) is 10.1. The number of hydrogen-bond acceptors (Lipinski definition) is 2. The molecule has 0 radical (unpaired) electrons. The summed E-state index contributed by atoms with van der Waals surface area (Å²) in [6, 6.07) is 14.8. The van der Waals surface area contributed by atoms with E-state index in [0.29, 0.717) is 16.3 Å². The van der Waals surface area contributed by atoms with Crippen LogP contribution in [0.1, 0.15) is 16.9 Å². The van der Waals surface area contributed by atoms with Crippen molar-refractivity contribution in [3.63, 3.8) is 0 Å². The highest BCUT2D eigenvalue weighted by Crippen LogP contribution is 2.43. The second-order valence-corrected chi connectivity index (χ2v) is 5.55. The smallest absolute Gasteiger partial charge is 0.166 e. The number of aromatic nitrogens is 1. The van der Waals surface area contributed by atoms with Gasteiger partial charge in [0.2, 0.25) is 0 Å². The summed E-state index contributed by atoms with van der Waals surface area (Å²) in [5.74, 6) is 0.129. The Kier molecular flexibility index (Phi) is 3.70. The lowest BCUT2D eigenvalue weighted by Crippen LogP contribution is -2.21. The maximum Gasteiger partial charge on any atom is 0.166 e. The zero-order valence-electron chi connectivity index (χ0n) is 10.8. The molecule has 0 amide bonds. The topological polar surface area (TPSA) is 26.0 Å². The molecular weight excluding hydrogens is 312 g/mol. The molecule has 0 aliphatic heterocycles. The lowest BCUT2D eigenvalue weighted by molar-refractivity contribution is 0.371. The Morgan fingerprint density at radius 1 is 0.905 bits per heavy atom. The van der Waals surface area contributed by atoms with Gasteiger partial charge in [0.1, 0.15) is 5.82 Å². The van der Waals surface area contributed by atoms with Gasteiger partial charge in [-0.3, -0.25) is 0 Å². The number of halogens is 3. The van der Waals surface area contributed by atoms with Gasteiger partial charge >= 0.3 is 0 Å². The first-order valence-electron chi connectivity index (χ1n) is 6.23. The average molecular weight is 322 g/mol. The van der Waals surface area contributed by atoms with Crippen LogP contribution in [0.25, 0.3) is 0 Å². The third kappa shape index (κ3) is 2.55. The highest BCUT2D eigenvalue weighted by molar-refractivity contribution is 6.31. The summed E-state index contributed by atoms with van der Waals surface area (Å²) in [5, 5.41) is 4.32. The summed E-state index contributed by atoms with van der Waals surface area (Å²) in [6.07, 6.45) is 1.52. The summed E-state index contributed by atoms with van der Waals surface area (Å²) >= 11 is 12.8. The minimum absolute atomic E-state index is 0.327. The summed E-state index contributed by atoms with van der Waals surface area (Å²) < 4.78 is 18.4. The summed E-state index contributed by atoms with van der Waals surface area (Å²) in [4.78, 5) is -1.09. The quantitative estimate of drug-likeness (QED) is 0.634. The van der Waals surface area contributed by atoms with Crippen molar-refractivity contribution in [3.05, 3.63) is 88.5 Å². The summed E-state index contributed by atoms with van der Waals surface area (Å²) in [7, 11) is 0. The van der Waals surface area contributed by atoms with Gasteiger partial charge in [0.25, 0.3) is 0 Å². The molecule has 0 N–H and O–H groups in total. The maximum absolute atomic E-state index is 13.2. The SMILES string of the molecule is Fc1ccc(C(Cl)(c2ccc(Cl)cc2)c2ccno2)cc1. The van der Waals surface area contributed by atoms with Crippen molar-refractivity contribution in [3.8, 4) is 0 Å². The van der Waals surface area contributed by atoms with E-state index in [1.54, 1.807) is 42.5 Å². The van der Waals surface area contributed by atoms with E-state index < -0.39 is 4.87 Å². The molecule has 0 spiro atoms. The molecule has 0 aliphatic carbocycles. The van der Waals surface area contributed by atoms with Crippen molar-refractivity contribution in [2.45, 2.75) is 4.87 Å². The van der Waals surface area contributed by atoms with Crippen LogP contribution in [0, 0.1) is 5.82 Å². The molecule has 2 nitrogen and oxygen atoms in total. The third-order valence-electron chi connectivity index (χ3n) is 3.26. The third-order valence-corrected chi connectivity index (χ3v) is 4.14. The lowest BCUT2D eigenvalue weighted by Gasteiger charge is -2.25. The molecular formula is C16H10Cl2FNO. The van der Waals surface area contributed by atoms with Crippen molar-refractivity contribution < 1.29 is 8.91 Å². The van der Waals surface area contributed by atoms with E-state index in [1.807, 2.05) is 0 Å². The minimum Gasteiger partial charge on any atom is -0.359 e. The Labute approximate surface area is 131 Å². The standard InChI is InChI=1S/C16H10Cl2FNO/c17-13-5-1-11(2-6-13)16(18,15-9-10-20-21-15)12-3-7-14(19)8-4-12/h1-10H. The van der Waals surface area contributed by atoms with E-state index in [2.05, 4.69) is 5.16 Å². The molecule has 3 aromatic rings. The Bertz CT molecular complexity index is 678. The largest absolute Gasteiger partial charge is 0.359 e. The number of hydrogen-bond donors (Lipinski definition) is 0.